The third-order valence-electron chi connectivity index (χ3n) is 2.49. The number of unbranched alkanes of at least 4 members (excludes halogenated alkanes) is 1. The van der Waals surface area contributed by atoms with Crippen LogP contribution >= 0.6 is 0 Å². The van der Waals surface area contributed by atoms with Crippen LogP contribution in [0.1, 0.15) is 19.8 Å². The van der Waals surface area contributed by atoms with Crippen LogP contribution in [0.15, 0.2) is 0 Å². The van der Waals surface area contributed by atoms with Crippen LogP contribution in [-0.4, -0.2) is 76.4 Å². The van der Waals surface area contributed by atoms with E-state index in [9.17, 15) is 0 Å². The second kappa shape index (κ2) is 14.9. The lowest BCUT2D eigenvalue weighted by atomic mass is 10.4. The fourth-order valence-electron chi connectivity index (χ4n) is 1.29. The van der Waals surface area contributed by atoms with Crippen molar-refractivity contribution in [3.63, 3.8) is 0 Å². The van der Waals surface area contributed by atoms with Crippen molar-refractivity contribution in [2.75, 3.05) is 66.4 Å². The maximum atomic E-state index is 8.70. The van der Waals surface area contributed by atoms with Crippen molar-refractivity contribution in [1.29, 1.82) is 0 Å². The highest BCUT2D eigenvalue weighted by molar-refractivity contribution is 4.48. The van der Waals surface area contributed by atoms with Crippen molar-refractivity contribution >= 4 is 0 Å². The van der Waals surface area contributed by atoms with Crippen LogP contribution in [0.4, 0.5) is 0 Å². The standard InChI is InChI=1S/C13H29NO4/c1-3-4-8-16-10-12-18-13-11-17-9-6-14(2)5-7-15/h15H,3-13H2,1-2H3. The number of nitrogens with zero attached hydrogens (tertiary/aromatic N) is 1. The van der Waals surface area contributed by atoms with Gasteiger partial charge in [0.1, 0.15) is 0 Å². The number of hydrogen-bond donors (Lipinski definition) is 1. The average molecular weight is 263 g/mol. The summed E-state index contributed by atoms with van der Waals surface area (Å²) in [6.45, 7) is 7.89. The molecule has 0 unspecified atom stereocenters. The molecule has 0 aromatic carbocycles. The van der Waals surface area contributed by atoms with Gasteiger partial charge in [0.2, 0.25) is 0 Å². The molecule has 0 saturated carbocycles. The number of rotatable bonds is 14. The Bertz CT molecular complexity index is 158. The lowest BCUT2D eigenvalue weighted by molar-refractivity contribution is 0.0107. The van der Waals surface area contributed by atoms with Gasteiger partial charge >= 0.3 is 0 Å². The summed E-state index contributed by atoms with van der Waals surface area (Å²) < 4.78 is 16.1. The molecule has 0 bridgehead atoms. The first-order chi connectivity index (χ1) is 8.81. The molecule has 0 atom stereocenters. The molecule has 18 heavy (non-hydrogen) atoms. The van der Waals surface area contributed by atoms with Crippen LogP contribution in [-0.2, 0) is 14.2 Å². The molecule has 0 rings (SSSR count). The van der Waals surface area contributed by atoms with Gasteiger partial charge in [-0.05, 0) is 13.5 Å². The van der Waals surface area contributed by atoms with E-state index in [1.807, 2.05) is 11.9 Å². The highest BCUT2D eigenvalue weighted by atomic mass is 16.5. The first kappa shape index (κ1) is 17.8. The molecule has 110 valence electrons. The molecule has 0 aliphatic heterocycles. The van der Waals surface area contributed by atoms with Crippen molar-refractivity contribution in [2.24, 2.45) is 0 Å². The van der Waals surface area contributed by atoms with E-state index in [-0.39, 0.29) is 6.61 Å². The molecule has 0 heterocycles. The third kappa shape index (κ3) is 13.9. The van der Waals surface area contributed by atoms with E-state index in [2.05, 4.69) is 6.92 Å². The summed E-state index contributed by atoms with van der Waals surface area (Å²) in [6, 6.07) is 0. The van der Waals surface area contributed by atoms with Crippen LogP contribution in [0.25, 0.3) is 0 Å². The van der Waals surface area contributed by atoms with Gasteiger partial charge in [-0.3, -0.25) is 0 Å². The van der Waals surface area contributed by atoms with Crippen LogP contribution < -0.4 is 0 Å². The van der Waals surface area contributed by atoms with Crippen LogP contribution in [0.5, 0.6) is 0 Å². The Morgan fingerprint density at radius 3 is 1.94 bits per heavy atom. The number of likely N-dealkylation sites (N-methyl/N-ethyl adjacent to an activating group) is 1. The SMILES string of the molecule is CCCCOCCOCCOCCN(C)CCO. The topological polar surface area (TPSA) is 51.2 Å². The smallest absolute Gasteiger partial charge is 0.0701 e. The maximum absolute atomic E-state index is 8.70. The summed E-state index contributed by atoms with van der Waals surface area (Å²) in [5, 5.41) is 8.70. The van der Waals surface area contributed by atoms with Crippen molar-refractivity contribution in [1.82, 2.24) is 4.90 Å². The molecule has 0 fully saturated rings. The molecule has 0 saturated heterocycles. The third-order valence-corrected chi connectivity index (χ3v) is 2.49. The van der Waals surface area contributed by atoms with Crippen molar-refractivity contribution in [3.8, 4) is 0 Å². The van der Waals surface area contributed by atoms with Gasteiger partial charge in [-0.15, -0.1) is 0 Å². The molecular formula is C13H29NO4. The van der Waals surface area contributed by atoms with Gasteiger partial charge in [0.15, 0.2) is 0 Å². The summed E-state index contributed by atoms with van der Waals surface area (Å²) in [4.78, 5) is 2.03. The number of aliphatic hydroxyl groups is 1. The van der Waals surface area contributed by atoms with Gasteiger partial charge in [-0.2, -0.15) is 0 Å². The predicted molar refractivity (Wildman–Crippen MR) is 71.9 cm³/mol. The Morgan fingerprint density at radius 2 is 1.39 bits per heavy atom. The molecule has 0 aliphatic carbocycles. The monoisotopic (exact) mass is 263 g/mol. The fraction of sp³-hybridized carbons (Fsp3) is 1.00. The van der Waals surface area contributed by atoms with Crippen LogP contribution in [0.3, 0.4) is 0 Å². The quantitative estimate of drug-likeness (QED) is 0.469. The molecule has 1 N–H and O–H groups in total. The minimum Gasteiger partial charge on any atom is -0.395 e. The highest BCUT2D eigenvalue weighted by Gasteiger charge is 1.96. The Morgan fingerprint density at radius 1 is 0.833 bits per heavy atom. The van der Waals surface area contributed by atoms with E-state index in [0.29, 0.717) is 39.6 Å². The lowest BCUT2D eigenvalue weighted by Gasteiger charge is -2.14. The lowest BCUT2D eigenvalue weighted by Crippen LogP contribution is -2.26. The Balaban J connectivity index is 2.98. The molecule has 0 radical (unpaired) electrons. The number of aliphatic hydroxyl groups excluding tert-OH is 1. The van der Waals surface area contributed by atoms with Crippen molar-refractivity contribution in [3.05, 3.63) is 0 Å². The molecular weight excluding hydrogens is 234 g/mol. The molecule has 0 aliphatic rings. The van der Waals surface area contributed by atoms with Crippen molar-refractivity contribution in [2.45, 2.75) is 19.8 Å². The summed E-state index contributed by atoms with van der Waals surface area (Å²) in [5.74, 6) is 0. The van der Waals surface area contributed by atoms with Gasteiger partial charge in [-0.25, -0.2) is 0 Å². The minimum atomic E-state index is 0.192. The molecule has 0 spiro atoms. The van der Waals surface area contributed by atoms with E-state index >= 15 is 0 Å². The number of hydrogen-bond acceptors (Lipinski definition) is 5. The molecule has 0 aromatic heterocycles. The second-order valence-corrected chi connectivity index (χ2v) is 4.22. The summed E-state index contributed by atoms with van der Waals surface area (Å²) in [7, 11) is 1.96. The zero-order chi connectivity index (χ0) is 13.5. The van der Waals surface area contributed by atoms with E-state index in [1.54, 1.807) is 0 Å². The molecule has 0 aromatic rings. The van der Waals surface area contributed by atoms with Crippen LogP contribution in [0, 0.1) is 0 Å². The fourth-order valence-corrected chi connectivity index (χ4v) is 1.29. The Hall–Kier alpha value is -0.200. The Labute approximate surface area is 111 Å². The van der Waals surface area contributed by atoms with Gasteiger partial charge in [0, 0.05) is 19.7 Å². The van der Waals surface area contributed by atoms with E-state index < -0.39 is 0 Å². The molecule has 0 amide bonds. The second-order valence-electron chi connectivity index (χ2n) is 4.22. The first-order valence-electron chi connectivity index (χ1n) is 6.84. The predicted octanol–water partition coefficient (Wildman–Crippen LogP) is 0.760. The summed E-state index contributed by atoms with van der Waals surface area (Å²) in [5.41, 5.74) is 0. The average Bonchev–Trinajstić information content (AvgIpc) is 2.36. The zero-order valence-electron chi connectivity index (χ0n) is 11.9. The largest absolute Gasteiger partial charge is 0.395 e. The van der Waals surface area contributed by atoms with E-state index in [1.165, 1.54) is 6.42 Å². The first-order valence-corrected chi connectivity index (χ1v) is 6.84. The normalized spacial score (nSPS) is 11.3. The van der Waals surface area contributed by atoms with Gasteiger partial charge < -0.3 is 24.2 Å². The van der Waals surface area contributed by atoms with Gasteiger partial charge in [0.05, 0.1) is 39.6 Å². The molecule has 5 nitrogen and oxygen atoms in total. The minimum absolute atomic E-state index is 0.192. The maximum Gasteiger partial charge on any atom is 0.0701 e. The highest BCUT2D eigenvalue weighted by Crippen LogP contribution is 1.88. The zero-order valence-corrected chi connectivity index (χ0v) is 11.9. The van der Waals surface area contributed by atoms with Crippen molar-refractivity contribution < 1.29 is 19.3 Å². The molecule has 5 heteroatoms. The van der Waals surface area contributed by atoms with Crippen LogP contribution in [0.2, 0.25) is 0 Å². The summed E-state index contributed by atoms with van der Waals surface area (Å²) in [6.07, 6.45) is 2.28. The van der Waals surface area contributed by atoms with E-state index in [4.69, 9.17) is 19.3 Å². The number of ether oxygens (including phenoxy) is 3. The Kier molecular flexibility index (Phi) is 14.7. The van der Waals surface area contributed by atoms with Gasteiger partial charge in [0.25, 0.3) is 0 Å². The van der Waals surface area contributed by atoms with Gasteiger partial charge in [-0.1, -0.05) is 13.3 Å². The van der Waals surface area contributed by atoms with E-state index in [0.717, 1.165) is 19.6 Å². The summed E-state index contributed by atoms with van der Waals surface area (Å²) >= 11 is 0.